The average molecular weight is 345 g/mol. The Hall–Kier alpha value is -0.620. The van der Waals surface area contributed by atoms with Crippen molar-refractivity contribution in [2.45, 2.75) is 19.8 Å². The van der Waals surface area contributed by atoms with Crippen LogP contribution in [0.4, 0.5) is 0 Å². The lowest BCUT2D eigenvalue weighted by molar-refractivity contribution is 0.0935. The zero-order valence-corrected chi connectivity index (χ0v) is 12.0. The topological polar surface area (TPSA) is 49.3 Å². The molecule has 0 heterocycles. The standard InChI is InChI=1S/C13H16INO2/c1-9-2-3-10(6-11(9)14)12(17)15-7-13(8-16)4-5-13/h2-3,6,16H,4-5,7-8H2,1H3,(H,15,17). The number of carbonyl (C=O) groups is 1. The number of rotatable bonds is 4. The number of benzene rings is 1. The predicted molar refractivity (Wildman–Crippen MR) is 75.0 cm³/mol. The van der Waals surface area contributed by atoms with Gasteiger partial charge in [0.15, 0.2) is 0 Å². The average Bonchev–Trinajstić information content (AvgIpc) is 3.10. The highest BCUT2D eigenvalue weighted by Crippen LogP contribution is 2.44. The largest absolute Gasteiger partial charge is 0.396 e. The van der Waals surface area contributed by atoms with Crippen LogP contribution in [0.5, 0.6) is 0 Å². The van der Waals surface area contributed by atoms with E-state index in [4.69, 9.17) is 5.11 Å². The molecule has 2 N–H and O–H groups in total. The van der Waals surface area contributed by atoms with E-state index in [0.717, 1.165) is 16.4 Å². The second kappa shape index (κ2) is 4.94. The van der Waals surface area contributed by atoms with Crippen molar-refractivity contribution < 1.29 is 9.90 Å². The summed E-state index contributed by atoms with van der Waals surface area (Å²) < 4.78 is 1.10. The first-order chi connectivity index (χ1) is 8.06. The molecule has 1 aromatic carbocycles. The lowest BCUT2D eigenvalue weighted by Gasteiger charge is -2.13. The normalized spacial score (nSPS) is 16.6. The molecule has 92 valence electrons. The van der Waals surface area contributed by atoms with E-state index in [9.17, 15) is 4.79 Å². The summed E-state index contributed by atoms with van der Waals surface area (Å²) in [6.07, 6.45) is 2.02. The third-order valence-electron chi connectivity index (χ3n) is 3.35. The number of aryl methyl sites for hydroxylation is 1. The van der Waals surface area contributed by atoms with Gasteiger partial charge in [-0.25, -0.2) is 0 Å². The maximum Gasteiger partial charge on any atom is 0.251 e. The summed E-state index contributed by atoms with van der Waals surface area (Å²) in [4.78, 5) is 11.9. The molecular weight excluding hydrogens is 329 g/mol. The van der Waals surface area contributed by atoms with Gasteiger partial charge in [-0.05, 0) is 60.1 Å². The van der Waals surface area contributed by atoms with Crippen molar-refractivity contribution in [3.8, 4) is 0 Å². The maximum absolute atomic E-state index is 11.9. The smallest absolute Gasteiger partial charge is 0.251 e. The molecule has 1 aromatic rings. The Kier molecular flexibility index (Phi) is 3.73. The van der Waals surface area contributed by atoms with Crippen LogP contribution >= 0.6 is 22.6 Å². The highest BCUT2D eigenvalue weighted by atomic mass is 127. The maximum atomic E-state index is 11.9. The van der Waals surface area contributed by atoms with Gasteiger partial charge < -0.3 is 10.4 Å². The van der Waals surface area contributed by atoms with Gasteiger partial charge in [0, 0.05) is 21.1 Å². The summed E-state index contributed by atoms with van der Waals surface area (Å²) in [6.45, 7) is 2.76. The monoisotopic (exact) mass is 345 g/mol. The molecule has 4 heteroatoms. The van der Waals surface area contributed by atoms with Gasteiger partial charge in [-0.15, -0.1) is 0 Å². The molecule has 1 fully saturated rings. The Balaban J connectivity index is 1.97. The summed E-state index contributed by atoms with van der Waals surface area (Å²) >= 11 is 2.23. The van der Waals surface area contributed by atoms with Crippen LogP contribution in [0.25, 0.3) is 0 Å². The Morgan fingerprint density at radius 3 is 2.76 bits per heavy atom. The van der Waals surface area contributed by atoms with Crippen molar-refractivity contribution in [3.05, 3.63) is 32.9 Å². The number of carbonyl (C=O) groups excluding carboxylic acids is 1. The van der Waals surface area contributed by atoms with Gasteiger partial charge in [0.2, 0.25) is 0 Å². The van der Waals surface area contributed by atoms with Crippen molar-refractivity contribution in [2.24, 2.45) is 5.41 Å². The van der Waals surface area contributed by atoms with Crippen molar-refractivity contribution in [1.82, 2.24) is 5.32 Å². The SMILES string of the molecule is Cc1ccc(C(=O)NCC2(CO)CC2)cc1I. The van der Waals surface area contributed by atoms with Crippen LogP contribution in [0.2, 0.25) is 0 Å². The molecule has 3 nitrogen and oxygen atoms in total. The van der Waals surface area contributed by atoms with E-state index in [1.165, 1.54) is 5.56 Å². The van der Waals surface area contributed by atoms with Crippen LogP contribution < -0.4 is 5.32 Å². The Bertz CT molecular complexity index is 441. The molecule has 0 atom stereocenters. The van der Waals surface area contributed by atoms with E-state index in [1.54, 1.807) is 0 Å². The van der Waals surface area contributed by atoms with Crippen LogP contribution in [0.1, 0.15) is 28.8 Å². The number of nitrogens with one attached hydrogen (secondary N) is 1. The minimum Gasteiger partial charge on any atom is -0.396 e. The first-order valence-electron chi connectivity index (χ1n) is 5.72. The number of hydrogen-bond acceptors (Lipinski definition) is 2. The van der Waals surface area contributed by atoms with Gasteiger partial charge in [0.1, 0.15) is 0 Å². The summed E-state index contributed by atoms with van der Waals surface area (Å²) in [5.74, 6) is -0.0531. The van der Waals surface area contributed by atoms with Crippen LogP contribution in [0, 0.1) is 15.9 Å². The fourth-order valence-electron chi connectivity index (χ4n) is 1.67. The van der Waals surface area contributed by atoms with E-state index in [2.05, 4.69) is 27.9 Å². The van der Waals surface area contributed by atoms with Crippen LogP contribution in [-0.2, 0) is 0 Å². The molecule has 0 spiro atoms. The molecule has 0 radical (unpaired) electrons. The van der Waals surface area contributed by atoms with E-state index in [0.29, 0.717) is 12.1 Å². The summed E-state index contributed by atoms with van der Waals surface area (Å²) in [5.41, 5.74) is 1.83. The fourth-order valence-corrected chi connectivity index (χ4v) is 2.19. The van der Waals surface area contributed by atoms with Gasteiger partial charge in [0.05, 0.1) is 6.61 Å². The van der Waals surface area contributed by atoms with E-state index in [1.807, 2.05) is 25.1 Å². The Morgan fingerprint density at radius 2 is 2.24 bits per heavy atom. The first-order valence-corrected chi connectivity index (χ1v) is 6.79. The fraction of sp³-hybridized carbons (Fsp3) is 0.462. The quantitative estimate of drug-likeness (QED) is 0.822. The van der Waals surface area contributed by atoms with Crippen molar-refractivity contribution in [3.63, 3.8) is 0 Å². The molecule has 0 bridgehead atoms. The minimum absolute atomic E-state index is 0.0342. The molecule has 1 aliphatic carbocycles. The van der Waals surface area contributed by atoms with E-state index in [-0.39, 0.29) is 17.9 Å². The van der Waals surface area contributed by atoms with Crippen molar-refractivity contribution in [1.29, 1.82) is 0 Å². The van der Waals surface area contributed by atoms with Gasteiger partial charge in [-0.1, -0.05) is 6.07 Å². The number of aliphatic hydroxyl groups is 1. The number of hydrogen-bond donors (Lipinski definition) is 2. The number of halogens is 1. The molecule has 1 saturated carbocycles. The lowest BCUT2D eigenvalue weighted by Crippen LogP contribution is -2.31. The molecule has 0 aliphatic heterocycles. The molecule has 0 saturated heterocycles. The van der Waals surface area contributed by atoms with Crippen LogP contribution in [0.3, 0.4) is 0 Å². The first kappa shape index (κ1) is 12.8. The molecular formula is C13H16INO2. The molecule has 1 amide bonds. The van der Waals surface area contributed by atoms with Crippen molar-refractivity contribution in [2.75, 3.05) is 13.2 Å². The third kappa shape index (κ3) is 2.98. The van der Waals surface area contributed by atoms with Gasteiger partial charge in [-0.2, -0.15) is 0 Å². The molecule has 1 aliphatic rings. The predicted octanol–water partition coefficient (Wildman–Crippen LogP) is 2.10. The third-order valence-corrected chi connectivity index (χ3v) is 4.51. The summed E-state index contributed by atoms with van der Waals surface area (Å²) in [6, 6.07) is 5.69. The Labute approximate surface area is 115 Å². The summed E-state index contributed by atoms with van der Waals surface area (Å²) in [5, 5.41) is 12.1. The number of amides is 1. The van der Waals surface area contributed by atoms with Crippen molar-refractivity contribution >= 4 is 28.5 Å². The van der Waals surface area contributed by atoms with Gasteiger partial charge in [-0.3, -0.25) is 4.79 Å². The van der Waals surface area contributed by atoms with Crippen LogP contribution in [0.15, 0.2) is 18.2 Å². The Morgan fingerprint density at radius 1 is 1.53 bits per heavy atom. The van der Waals surface area contributed by atoms with Gasteiger partial charge in [0.25, 0.3) is 5.91 Å². The second-order valence-corrected chi connectivity index (χ2v) is 5.97. The number of aliphatic hydroxyl groups excluding tert-OH is 1. The lowest BCUT2D eigenvalue weighted by atomic mass is 10.1. The zero-order chi connectivity index (χ0) is 12.5. The molecule has 0 aromatic heterocycles. The molecule has 17 heavy (non-hydrogen) atoms. The van der Waals surface area contributed by atoms with E-state index >= 15 is 0 Å². The summed E-state index contributed by atoms with van der Waals surface area (Å²) in [7, 11) is 0. The van der Waals surface area contributed by atoms with Gasteiger partial charge >= 0.3 is 0 Å². The second-order valence-electron chi connectivity index (χ2n) is 4.80. The molecule has 0 unspecified atom stereocenters. The van der Waals surface area contributed by atoms with E-state index < -0.39 is 0 Å². The minimum atomic E-state index is -0.0531. The van der Waals surface area contributed by atoms with Crippen LogP contribution in [-0.4, -0.2) is 24.2 Å². The highest BCUT2D eigenvalue weighted by Gasteiger charge is 2.42. The molecule has 2 rings (SSSR count). The highest BCUT2D eigenvalue weighted by molar-refractivity contribution is 14.1. The zero-order valence-electron chi connectivity index (χ0n) is 9.79.